The Hall–Kier alpha value is -4.08. The monoisotopic (exact) mass is 726 g/mol. The second-order valence-corrected chi connectivity index (χ2v) is 13.7. The molecule has 3 aromatic carbocycles. The molecule has 0 bridgehead atoms. The summed E-state index contributed by atoms with van der Waals surface area (Å²) in [7, 11) is 0. The van der Waals surface area contributed by atoms with Gasteiger partial charge in [0, 0.05) is 38.3 Å². The molecule has 2 N–H and O–H groups in total. The van der Waals surface area contributed by atoms with Gasteiger partial charge in [-0.1, -0.05) is 128 Å². The third-order valence-corrected chi connectivity index (χ3v) is 9.32. The second kappa shape index (κ2) is 24.2. The Morgan fingerprint density at radius 1 is 0.500 bits per heavy atom. The molecule has 0 fully saturated rings. The van der Waals surface area contributed by atoms with Gasteiger partial charge in [-0.2, -0.15) is 0 Å². The largest absolute Gasteiger partial charge is 0.322 e. The molecule has 10 heteroatoms. The fraction of sp³-hybridized carbons (Fsp3) is 0.524. The van der Waals surface area contributed by atoms with Gasteiger partial charge in [-0.15, -0.1) is 0 Å². The van der Waals surface area contributed by atoms with Crippen molar-refractivity contribution in [2.24, 2.45) is 0 Å². The number of unbranched alkanes of at least 4 members (excludes halogenated alkanes) is 14. The average molecular weight is 727 g/mol. The number of carbonyl (C=O) groups excluding carboxylic acids is 2. The molecular weight excluding hydrogens is 668 g/mol. The highest BCUT2D eigenvalue weighted by atomic mass is 19.1. The molecule has 0 heterocycles. The summed E-state index contributed by atoms with van der Waals surface area (Å²) in [5.41, 5.74) is 1.39. The third kappa shape index (κ3) is 15.7. The van der Waals surface area contributed by atoms with Crippen LogP contribution in [-0.4, -0.2) is 35.0 Å². The molecule has 3 aromatic rings. The van der Waals surface area contributed by atoms with Crippen LogP contribution in [0.1, 0.15) is 128 Å². The number of hydrogen-bond acceptors (Lipinski definition) is 2. The molecule has 6 nitrogen and oxygen atoms in total. The van der Waals surface area contributed by atoms with Crippen molar-refractivity contribution in [2.75, 3.05) is 23.7 Å². The highest BCUT2D eigenvalue weighted by molar-refractivity contribution is 5.90. The standard InChI is InChI=1S/C42H58F4N4O2/c1-3-5-7-9-11-13-15-19-27-49(41(51)47-39-25-23-35(43)29-37(39)45)31-33-21-17-18-22-34(33)32-50(28-20-16-14-12-10-8-6-4-2)42(52)48-40-26-24-36(44)30-38(40)46/h17-18,21-26,29-30H,3-16,19-20,27-28,31-32H2,1-2H3,(H,47,51)(H,48,52). The van der Waals surface area contributed by atoms with E-state index in [2.05, 4.69) is 24.5 Å². The first-order chi connectivity index (χ1) is 25.2. The summed E-state index contributed by atoms with van der Waals surface area (Å²) in [6.45, 7) is 5.61. The lowest BCUT2D eigenvalue weighted by Gasteiger charge is -2.27. The SMILES string of the molecule is CCCCCCCCCCN(Cc1ccccc1CN(CCCCCCCCCC)C(=O)Nc1ccc(F)cc1F)C(=O)Nc1ccc(F)cc1F. The number of amides is 4. The molecule has 0 aliphatic rings. The van der Waals surface area contributed by atoms with E-state index in [1.54, 1.807) is 9.80 Å². The van der Waals surface area contributed by atoms with Crippen molar-refractivity contribution >= 4 is 23.4 Å². The highest BCUT2D eigenvalue weighted by Gasteiger charge is 2.21. The normalized spacial score (nSPS) is 11.0. The van der Waals surface area contributed by atoms with Crippen molar-refractivity contribution in [1.82, 2.24) is 9.80 Å². The van der Waals surface area contributed by atoms with Gasteiger partial charge in [0.15, 0.2) is 0 Å². The number of benzene rings is 3. The van der Waals surface area contributed by atoms with Crippen molar-refractivity contribution in [2.45, 2.75) is 130 Å². The molecular formula is C42H58F4N4O2. The van der Waals surface area contributed by atoms with E-state index in [0.717, 1.165) is 86.8 Å². The van der Waals surface area contributed by atoms with Gasteiger partial charge in [0.1, 0.15) is 23.3 Å². The van der Waals surface area contributed by atoms with Crippen LogP contribution in [0.15, 0.2) is 60.7 Å². The van der Waals surface area contributed by atoms with Crippen LogP contribution < -0.4 is 10.6 Å². The fourth-order valence-corrected chi connectivity index (χ4v) is 6.23. The molecule has 0 spiro atoms. The lowest BCUT2D eigenvalue weighted by atomic mass is 10.0. The first-order valence-corrected chi connectivity index (χ1v) is 19.3. The Labute approximate surface area is 308 Å². The van der Waals surface area contributed by atoms with Gasteiger partial charge in [0.25, 0.3) is 0 Å². The summed E-state index contributed by atoms with van der Waals surface area (Å²) in [5.74, 6) is -3.19. The number of urea groups is 2. The van der Waals surface area contributed by atoms with Gasteiger partial charge in [0.2, 0.25) is 0 Å². The van der Waals surface area contributed by atoms with E-state index < -0.39 is 35.3 Å². The number of halogens is 4. The van der Waals surface area contributed by atoms with E-state index in [1.807, 2.05) is 24.3 Å². The number of hydrogen-bond donors (Lipinski definition) is 2. The number of nitrogens with one attached hydrogen (secondary N) is 2. The summed E-state index contributed by atoms with van der Waals surface area (Å²) in [6, 6.07) is 12.6. The first kappa shape index (κ1) is 42.3. The van der Waals surface area contributed by atoms with Crippen molar-refractivity contribution in [1.29, 1.82) is 0 Å². The zero-order chi connectivity index (χ0) is 37.6. The average Bonchev–Trinajstić information content (AvgIpc) is 3.12. The van der Waals surface area contributed by atoms with Crippen LogP contribution in [0.3, 0.4) is 0 Å². The molecule has 286 valence electrons. The number of anilines is 2. The van der Waals surface area contributed by atoms with Crippen LogP contribution in [0.2, 0.25) is 0 Å². The van der Waals surface area contributed by atoms with Gasteiger partial charge in [-0.25, -0.2) is 27.2 Å². The summed E-state index contributed by atoms with van der Waals surface area (Å²) in [6.07, 6.45) is 17.4. The minimum Gasteiger partial charge on any atom is -0.320 e. The minimum atomic E-state index is -0.860. The van der Waals surface area contributed by atoms with E-state index in [-0.39, 0.29) is 24.5 Å². The van der Waals surface area contributed by atoms with Gasteiger partial charge >= 0.3 is 12.1 Å². The van der Waals surface area contributed by atoms with E-state index >= 15 is 0 Å². The quantitative estimate of drug-likeness (QED) is 0.0713. The predicted octanol–water partition coefficient (Wildman–Crippen LogP) is 12.6. The molecule has 0 aromatic heterocycles. The predicted molar refractivity (Wildman–Crippen MR) is 203 cm³/mol. The Morgan fingerprint density at radius 2 is 0.846 bits per heavy atom. The summed E-state index contributed by atoms with van der Waals surface area (Å²) < 4.78 is 56.2. The van der Waals surface area contributed by atoms with E-state index in [0.29, 0.717) is 13.1 Å². The van der Waals surface area contributed by atoms with Gasteiger partial charge in [-0.05, 0) is 48.2 Å². The number of carbonyl (C=O) groups is 2. The van der Waals surface area contributed by atoms with Crippen LogP contribution in [-0.2, 0) is 13.1 Å². The molecule has 0 aliphatic heterocycles. The summed E-state index contributed by atoms with van der Waals surface area (Å²) >= 11 is 0. The van der Waals surface area contributed by atoms with Gasteiger partial charge < -0.3 is 20.4 Å². The maximum absolute atomic E-state index is 14.5. The first-order valence-electron chi connectivity index (χ1n) is 19.3. The van der Waals surface area contributed by atoms with Crippen LogP contribution in [0, 0.1) is 23.3 Å². The topological polar surface area (TPSA) is 64.7 Å². The van der Waals surface area contributed by atoms with Crippen molar-refractivity contribution in [3.63, 3.8) is 0 Å². The number of nitrogens with zero attached hydrogens (tertiary/aromatic N) is 2. The van der Waals surface area contributed by atoms with Crippen LogP contribution in [0.5, 0.6) is 0 Å². The Balaban J connectivity index is 1.76. The summed E-state index contributed by atoms with van der Waals surface area (Å²) in [4.78, 5) is 30.4. The molecule has 3 rings (SSSR count). The molecule has 0 atom stereocenters. The van der Waals surface area contributed by atoms with Gasteiger partial charge in [0.05, 0.1) is 11.4 Å². The molecule has 0 aliphatic carbocycles. The number of rotatable bonds is 24. The van der Waals surface area contributed by atoms with Crippen LogP contribution in [0.25, 0.3) is 0 Å². The minimum absolute atomic E-state index is 0.109. The fourth-order valence-electron chi connectivity index (χ4n) is 6.23. The van der Waals surface area contributed by atoms with Crippen molar-refractivity contribution < 1.29 is 27.2 Å². The van der Waals surface area contributed by atoms with Crippen LogP contribution >= 0.6 is 0 Å². The maximum atomic E-state index is 14.5. The van der Waals surface area contributed by atoms with Crippen molar-refractivity contribution in [3.05, 3.63) is 95.1 Å². The van der Waals surface area contributed by atoms with E-state index in [1.165, 1.54) is 63.5 Å². The second-order valence-electron chi connectivity index (χ2n) is 13.7. The lowest BCUT2D eigenvalue weighted by Crippen LogP contribution is -2.37. The Kier molecular flexibility index (Phi) is 19.7. The third-order valence-electron chi connectivity index (χ3n) is 9.32. The molecule has 0 saturated heterocycles. The lowest BCUT2D eigenvalue weighted by molar-refractivity contribution is 0.203. The molecule has 0 radical (unpaired) electrons. The zero-order valence-corrected chi connectivity index (χ0v) is 31.1. The van der Waals surface area contributed by atoms with E-state index in [9.17, 15) is 27.2 Å². The maximum Gasteiger partial charge on any atom is 0.322 e. The van der Waals surface area contributed by atoms with Crippen molar-refractivity contribution in [3.8, 4) is 0 Å². The van der Waals surface area contributed by atoms with Crippen LogP contribution in [0.4, 0.5) is 38.5 Å². The Bertz CT molecular complexity index is 1390. The molecule has 4 amide bonds. The molecule has 0 unspecified atom stereocenters. The zero-order valence-electron chi connectivity index (χ0n) is 31.1. The van der Waals surface area contributed by atoms with E-state index in [4.69, 9.17) is 0 Å². The molecule has 52 heavy (non-hydrogen) atoms. The smallest absolute Gasteiger partial charge is 0.320 e. The van der Waals surface area contributed by atoms with Gasteiger partial charge in [-0.3, -0.25) is 0 Å². The summed E-state index contributed by atoms with van der Waals surface area (Å²) in [5, 5.41) is 5.22. The Morgan fingerprint density at radius 3 is 1.19 bits per heavy atom. The molecule has 0 saturated carbocycles. The highest BCUT2D eigenvalue weighted by Crippen LogP contribution is 2.22.